The average molecular weight is 457 g/mol. The minimum atomic E-state index is 0.556. The predicted molar refractivity (Wildman–Crippen MR) is 108 cm³/mol. The van der Waals surface area contributed by atoms with Gasteiger partial charge in [0.1, 0.15) is 12.4 Å². The molecule has 1 atom stereocenters. The van der Waals surface area contributed by atoms with Crippen LogP contribution in [-0.2, 0) is 13.2 Å². The smallest absolute Gasteiger partial charge is 0.120 e. The van der Waals surface area contributed by atoms with E-state index in [0.29, 0.717) is 6.61 Å². The Balaban J connectivity index is 1.50. The first-order valence-corrected chi connectivity index (χ1v) is 9.73. The van der Waals surface area contributed by atoms with Crippen molar-refractivity contribution >= 4 is 34.2 Å². The molecule has 3 nitrogen and oxygen atoms in total. The Morgan fingerprint density at radius 2 is 2.17 bits per heavy atom. The molecule has 1 fully saturated rings. The molecule has 1 unspecified atom stereocenters. The van der Waals surface area contributed by atoms with Crippen molar-refractivity contribution in [1.82, 2.24) is 10.6 Å². The summed E-state index contributed by atoms with van der Waals surface area (Å²) in [4.78, 5) is 0. The molecule has 5 heteroatoms. The molecule has 2 N–H and O–H groups in total. The maximum atomic E-state index is 5.99. The summed E-state index contributed by atoms with van der Waals surface area (Å²) >= 11 is 8.29. The van der Waals surface area contributed by atoms with Crippen LogP contribution in [0.1, 0.15) is 17.5 Å². The third-order valence-corrected chi connectivity index (χ3v) is 5.47. The number of rotatable bonds is 7. The normalized spacial score (nSPS) is 17.2. The van der Waals surface area contributed by atoms with E-state index in [4.69, 9.17) is 16.3 Å². The van der Waals surface area contributed by atoms with Gasteiger partial charge >= 0.3 is 0 Å². The van der Waals surface area contributed by atoms with Crippen molar-refractivity contribution in [3.8, 4) is 5.75 Å². The molecule has 128 valence electrons. The van der Waals surface area contributed by atoms with E-state index in [9.17, 15) is 0 Å². The zero-order valence-electron chi connectivity index (χ0n) is 13.5. The first-order valence-electron chi connectivity index (χ1n) is 8.28. The Hall–Kier alpha value is -0.820. The summed E-state index contributed by atoms with van der Waals surface area (Å²) in [5, 5.41) is 7.71. The van der Waals surface area contributed by atoms with Gasteiger partial charge in [0.2, 0.25) is 0 Å². The second kappa shape index (κ2) is 9.04. The average Bonchev–Trinajstić information content (AvgIpc) is 3.08. The third kappa shape index (κ3) is 5.34. The lowest BCUT2D eigenvalue weighted by Crippen LogP contribution is -2.24. The van der Waals surface area contributed by atoms with Gasteiger partial charge < -0.3 is 15.4 Å². The summed E-state index contributed by atoms with van der Waals surface area (Å²) in [7, 11) is 0. The number of nitrogens with one attached hydrogen (secondary N) is 2. The van der Waals surface area contributed by atoms with E-state index >= 15 is 0 Å². The van der Waals surface area contributed by atoms with Crippen LogP contribution in [0, 0.1) is 9.49 Å². The molecule has 0 spiro atoms. The SMILES string of the molecule is Clc1ccc(COc2cccc(CNCC3CCNC3)c2)c(I)c1. The van der Waals surface area contributed by atoms with Crippen molar-refractivity contribution < 1.29 is 4.74 Å². The van der Waals surface area contributed by atoms with Crippen LogP contribution in [0.3, 0.4) is 0 Å². The molecular weight excluding hydrogens is 435 g/mol. The molecule has 0 amide bonds. The first-order chi connectivity index (χ1) is 11.7. The van der Waals surface area contributed by atoms with Crippen molar-refractivity contribution in [2.24, 2.45) is 5.92 Å². The standard InChI is InChI=1S/C19H22ClIN2O/c20-17-5-4-16(19(21)9-17)13-24-18-3-1-2-14(8-18)10-23-12-15-6-7-22-11-15/h1-5,8-9,15,22-23H,6-7,10-13H2. The zero-order valence-corrected chi connectivity index (χ0v) is 16.4. The largest absolute Gasteiger partial charge is 0.489 e. The van der Waals surface area contributed by atoms with Gasteiger partial charge in [-0.2, -0.15) is 0 Å². The fraction of sp³-hybridized carbons (Fsp3) is 0.368. The van der Waals surface area contributed by atoms with E-state index < -0.39 is 0 Å². The van der Waals surface area contributed by atoms with Gasteiger partial charge in [-0.05, 0) is 84.4 Å². The van der Waals surface area contributed by atoms with Gasteiger partial charge in [0.15, 0.2) is 0 Å². The van der Waals surface area contributed by atoms with Crippen LogP contribution in [0.15, 0.2) is 42.5 Å². The van der Waals surface area contributed by atoms with Gasteiger partial charge in [-0.15, -0.1) is 0 Å². The highest BCUT2D eigenvalue weighted by atomic mass is 127. The van der Waals surface area contributed by atoms with Gasteiger partial charge in [-0.1, -0.05) is 29.8 Å². The Labute approximate surface area is 162 Å². The molecule has 0 radical (unpaired) electrons. The highest BCUT2D eigenvalue weighted by Gasteiger charge is 2.13. The molecule has 2 aromatic carbocycles. The molecule has 1 aliphatic heterocycles. The first kappa shape index (κ1) is 18.0. The summed E-state index contributed by atoms with van der Waals surface area (Å²) in [6, 6.07) is 14.2. The van der Waals surface area contributed by atoms with Crippen molar-refractivity contribution in [2.45, 2.75) is 19.6 Å². The molecule has 2 aromatic rings. The van der Waals surface area contributed by atoms with E-state index in [-0.39, 0.29) is 0 Å². The highest BCUT2D eigenvalue weighted by molar-refractivity contribution is 14.1. The zero-order chi connectivity index (χ0) is 16.8. The van der Waals surface area contributed by atoms with E-state index in [0.717, 1.165) is 52.0 Å². The van der Waals surface area contributed by atoms with E-state index in [1.165, 1.54) is 12.0 Å². The topological polar surface area (TPSA) is 33.3 Å². The number of benzene rings is 2. The lowest BCUT2D eigenvalue weighted by Gasteiger charge is -2.12. The number of hydrogen-bond acceptors (Lipinski definition) is 3. The van der Waals surface area contributed by atoms with Crippen LogP contribution in [0.5, 0.6) is 5.75 Å². The van der Waals surface area contributed by atoms with Crippen LogP contribution in [0.25, 0.3) is 0 Å². The van der Waals surface area contributed by atoms with Crippen LogP contribution < -0.4 is 15.4 Å². The van der Waals surface area contributed by atoms with Crippen LogP contribution in [0.4, 0.5) is 0 Å². The quantitative estimate of drug-likeness (QED) is 0.612. The molecular formula is C19H22ClIN2O. The molecule has 24 heavy (non-hydrogen) atoms. The van der Waals surface area contributed by atoms with Gasteiger partial charge in [-0.25, -0.2) is 0 Å². The maximum absolute atomic E-state index is 5.99. The fourth-order valence-corrected chi connectivity index (χ4v) is 3.88. The fourth-order valence-electron chi connectivity index (χ4n) is 2.85. The Morgan fingerprint density at radius 3 is 2.96 bits per heavy atom. The lowest BCUT2D eigenvalue weighted by molar-refractivity contribution is 0.305. The lowest BCUT2D eigenvalue weighted by atomic mass is 10.1. The van der Waals surface area contributed by atoms with Crippen molar-refractivity contribution in [3.05, 3.63) is 62.2 Å². The molecule has 1 saturated heterocycles. The molecule has 1 heterocycles. The minimum Gasteiger partial charge on any atom is -0.489 e. The second-order valence-electron chi connectivity index (χ2n) is 6.16. The van der Waals surface area contributed by atoms with Gasteiger partial charge in [0, 0.05) is 20.7 Å². The molecule has 0 saturated carbocycles. The van der Waals surface area contributed by atoms with Crippen molar-refractivity contribution in [2.75, 3.05) is 19.6 Å². The van der Waals surface area contributed by atoms with Crippen molar-refractivity contribution in [3.63, 3.8) is 0 Å². The number of ether oxygens (including phenoxy) is 1. The second-order valence-corrected chi connectivity index (χ2v) is 7.76. The minimum absolute atomic E-state index is 0.556. The Bertz CT molecular complexity index is 674. The molecule has 0 aliphatic carbocycles. The van der Waals surface area contributed by atoms with Gasteiger partial charge in [0.05, 0.1) is 0 Å². The van der Waals surface area contributed by atoms with Crippen molar-refractivity contribution in [1.29, 1.82) is 0 Å². The maximum Gasteiger partial charge on any atom is 0.120 e. The van der Waals surface area contributed by atoms with E-state index in [1.54, 1.807) is 0 Å². The Morgan fingerprint density at radius 1 is 1.25 bits per heavy atom. The third-order valence-electron chi connectivity index (χ3n) is 4.23. The molecule has 0 bridgehead atoms. The summed E-state index contributed by atoms with van der Waals surface area (Å²) in [6.45, 7) is 4.79. The monoisotopic (exact) mass is 456 g/mol. The van der Waals surface area contributed by atoms with Crippen LogP contribution in [0.2, 0.25) is 5.02 Å². The van der Waals surface area contributed by atoms with Crippen LogP contribution >= 0.6 is 34.2 Å². The molecule has 3 rings (SSSR count). The summed E-state index contributed by atoms with van der Waals surface area (Å²) < 4.78 is 7.08. The van der Waals surface area contributed by atoms with E-state index in [1.807, 2.05) is 24.3 Å². The highest BCUT2D eigenvalue weighted by Crippen LogP contribution is 2.21. The van der Waals surface area contributed by atoms with Crippen LogP contribution in [-0.4, -0.2) is 19.6 Å². The summed E-state index contributed by atoms with van der Waals surface area (Å²) in [5.74, 6) is 1.67. The molecule has 0 aromatic heterocycles. The summed E-state index contributed by atoms with van der Waals surface area (Å²) in [5.41, 5.74) is 2.40. The van der Waals surface area contributed by atoms with E-state index in [2.05, 4.69) is 51.4 Å². The number of hydrogen-bond donors (Lipinski definition) is 2. The summed E-state index contributed by atoms with van der Waals surface area (Å²) in [6.07, 6.45) is 1.27. The number of halogens is 2. The van der Waals surface area contributed by atoms with Gasteiger partial charge in [-0.3, -0.25) is 0 Å². The Kier molecular flexibility index (Phi) is 6.77. The molecule has 1 aliphatic rings. The predicted octanol–water partition coefficient (Wildman–Crippen LogP) is 4.22. The van der Waals surface area contributed by atoms with Gasteiger partial charge in [0.25, 0.3) is 0 Å².